The van der Waals surface area contributed by atoms with Crippen LogP contribution in [0.3, 0.4) is 0 Å². The molecule has 0 atom stereocenters. The Bertz CT molecular complexity index is 2560. The summed E-state index contributed by atoms with van der Waals surface area (Å²) in [4.78, 5) is 53.9. The molecule has 4 fully saturated rings. The number of aromatic nitrogens is 1. The first-order valence-corrected chi connectivity index (χ1v) is 23.6. The van der Waals surface area contributed by atoms with Crippen molar-refractivity contribution in [3.63, 3.8) is 0 Å². The van der Waals surface area contributed by atoms with Crippen molar-refractivity contribution < 1.29 is 41.3 Å². The van der Waals surface area contributed by atoms with Crippen LogP contribution in [-0.4, -0.2) is 147 Å². The Labute approximate surface area is 382 Å². The number of hydrogen-bond acceptors (Lipinski definition) is 13. The summed E-state index contributed by atoms with van der Waals surface area (Å²) in [7, 11) is -3.36. The molecule has 2 spiro atoms. The monoisotopic (exact) mass is 911 g/mol. The molecule has 1 aliphatic carbocycles. The molecular formula is C48H61N7O9S. The van der Waals surface area contributed by atoms with Gasteiger partial charge in [-0.3, -0.25) is 18.7 Å². The molecular weight excluding hydrogens is 851 g/mol. The number of rotatable bonds is 9. The molecule has 2 aromatic carbocycles. The number of fused-ring (bicyclic) bond motifs is 2. The van der Waals surface area contributed by atoms with Gasteiger partial charge in [0.25, 0.3) is 10.1 Å². The number of nitrogens with zero attached hydrogens (tertiary/aromatic N) is 7. The lowest BCUT2D eigenvalue weighted by Crippen LogP contribution is -2.73. The summed E-state index contributed by atoms with van der Waals surface area (Å²) in [5.41, 5.74) is 7.26. The number of hydrogen-bond donors (Lipinski definition) is 0. The van der Waals surface area contributed by atoms with Crippen molar-refractivity contribution >= 4 is 51.9 Å². The zero-order valence-corrected chi connectivity index (χ0v) is 39.8. The number of aryl methyl sites for hydroxylation is 1. The van der Waals surface area contributed by atoms with Crippen molar-refractivity contribution in [2.45, 2.75) is 79.6 Å². The predicted octanol–water partition coefficient (Wildman–Crippen LogP) is 5.97. The number of aldehydes is 2. The molecule has 0 bridgehead atoms. The molecule has 16 nitrogen and oxygen atoms in total. The standard InChI is InChI=1S/C23H28N4O3.C13H24N2O5S.C12H9NO/c1-16-17(11-28)5-6-20-19(16)9-18(10-24)27(20)8-7-25-12-23(13-25)14-26(15-23)21(29)30-22(2,3)4;1-12(2,3)20-11(16)15-9-13(10-15)7-14(8-13)5-6-19-21(4,17)18;1-8-11(7-14)3-2-10-4-9(6-13)5-12(8)10/h5-6,9,11H,7-8,12-15H2,1-4H3;5-10H2,1-4H3;2-3,5,7H,4H2,1H3. The van der Waals surface area contributed by atoms with Gasteiger partial charge in [0.05, 0.1) is 18.9 Å². The number of nitriles is 2. The molecule has 0 unspecified atom stereocenters. The van der Waals surface area contributed by atoms with E-state index >= 15 is 0 Å². The highest BCUT2D eigenvalue weighted by Crippen LogP contribution is 2.41. The summed E-state index contributed by atoms with van der Waals surface area (Å²) in [6.07, 6.45) is 4.85. The van der Waals surface area contributed by atoms with Gasteiger partial charge in [-0.2, -0.15) is 18.9 Å². The summed E-state index contributed by atoms with van der Waals surface area (Å²) < 4.78 is 39.2. The van der Waals surface area contributed by atoms with Gasteiger partial charge in [-0.05, 0) is 102 Å². The summed E-state index contributed by atoms with van der Waals surface area (Å²) >= 11 is 0. The van der Waals surface area contributed by atoms with Gasteiger partial charge in [-0.15, -0.1) is 0 Å². The highest BCUT2D eigenvalue weighted by Gasteiger charge is 2.54. The SMILES string of the molecule is CC(C)(C)OC(=O)N1CC2(CN(CCOS(C)(=O)=O)C2)C1.Cc1c(C=O)ccc2c1C=C(C#N)C2.Cc1c(C=O)ccc2c1cc(C#N)n2CCN1CC2(C1)CN(C(=O)OC(C)(C)C)C2. The van der Waals surface area contributed by atoms with E-state index < -0.39 is 21.3 Å². The Kier molecular flexibility index (Phi) is 14.1. The first-order valence-electron chi connectivity index (χ1n) is 21.8. The summed E-state index contributed by atoms with van der Waals surface area (Å²) in [5.74, 6) is 0. The van der Waals surface area contributed by atoms with Crippen molar-refractivity contribution in [1.29, 1.82) is 10.5 Å². The molecule has 8 rings (SSSR count). The Hall–Kier alpha value is -5.59. The normalized spacial score (nSPS) is 18.2. The zero-order valence-electron chi connectivity index (χ0n) is 39.0. The van der Waals surface area contributed by atoms with E-state index in [4.69, 9.17) is 18.9 Å². The molecule has 0 radical (unpaired) electrons. The van der Waals surface area contributed by atoms with E-state index in [-0.39, 0.29) is 29.6 Å². The van der Waals surface area contributed by atoms with Crippen LogP contribution in [0.2, 0.25) is 0 Å². The van der Waals surface area contributed by atoms with Crippen LogP contribution in [0.25, 0.3) is 17.0 Å². The van der Waals surface area contributed by atoms with E-state index in [0.29, 0.717) is 42.9 Å². The van der Waals surface area contributed by atoms with Crippen LogP contribution in [-0.2, 0) is 36.7 Å². The number of amides is 2. The predicted molar refractivity (Wildman–Crippen MR) is 245 cm³/mol. The number of allylic oxidation sites excluding steroid dienone is 1. The number of benzene rings is 2. The minimum atomic E-state index is -3.36. The minimum Gasteiger partial charge on any atom is -0.444 e. The zero-order chi connectivity index (χ0) is 47.7. The number of likely N-dealkylation sites (tertiary alicyclic amines) is 4. The molecule has 0 saturated carbocycles. The lowest BCUT2D eigenvalue weighted by Gasteiger charge is -2.60. The average Bonchev–Trinajstić information content (AvgIpc) is 3.75. The summed E-state index contributed by atoms with van der Waals surface area (Å²) in [6, 6.07) is 13.8. The van der Waals surface area contributed by atoms with Gasteiger partial charge in [0.1, 0.15) is 35.5 Å². The third-order valence-corrected chi connectivity index (χ3v) is 12.8. The molecule has 348 valence electrons. The molecule has 17 heteroatoms. The van der Waals surface area contributed by atoms with Crippen LogP contribution in [0.1, 0.15) is 90.2 Å². The maximum atomic E-state index is 12.1. The molecule has 5 heterocycles. The molecule has 0 N–H and O–H groups in total. The van der Waals surface area contributed by atoms with Crippen LogP contribution in [0.5, 0.6) is 0 Å². The Morgan fingerprint density at radius 2 is 1.25 bits per heavy atom. The van der Waals surface area contributed by atoms with Crippen LogP contribution < -0.4 is 0 Å². The van der Waals surface area contributed by atoms with Crippen molar-refractivity contribution in [2.24, 2.45) is 10.8 Å². The maximum Gasteiger partial charge on any atom is 0.410 e. The van der Waals surface area contributed by atoms with Crippen molar-refractivity contribution in [3.05, 3.63) is 75.0 Å². The number of carbonyl (C=O) groups excluding carboxylic acids is 4. The Morgan fingerprint density at radius 3 is 1.72 bits per heavy atom. The molecule has 4 saturated heterocycles. The smallest absolute Gasteiger partial charge is 0.410 e. The summed E-state index contributed by atoms with van der Waals surface area (Å²) in [6.45, 7) is 24.0. The van der Waals surface area contributed by atoms with E-state index in [1.165, 1.54) is 0 Å². The van der Waals surface area contributed by atoms with E-state index in [0.717, 1.165) is 110 Å². The lowest BCUT2D eigenvalue weighted by atomic mass is 9.73. The highest BCUT2D eigenvalue weighted by molar-refractivity contribution is 7.85. The molecule has 3 aromatic rings. The van der Waals surface area contributed by atoms with E-state index in [9.17, 15) is 32.9 Å². The molecule has 65 heavy (non-hydrogen) atoms. The second-order valence-corrected chi connectivity index (χ2v) is 21.8. The minimum absolute atomic E-state index is 0.169. The van der Waals surface area contributed by atoms with Gasteiger partial charge in [0.15, 0.2) is 0 Å². The largest absolute Gasteiger partial charge is 0.444 e. The fourth-order valence-corrected chi connectivity index (χ4v) is 9.64. The maximum absolute atomic E-state index is 12.1. The average molecular weight is 912 g/mol. The molecule has 2 amide bonds. The van der Waals surface area contributed by atoms with E-state index in [2.05, 4.69) is 21.9 Å². The Morgan fingerprint density at radius 1 is 0.738 bits per heavy atom. The van der Waals surface area contributed by atoms with Gasteiger partial charge in [0.2, 0.25) is 0 Å². The lowest BCUT2D eigenvalue weighted by molar-refractivity contribution is -0.114. The highest BCUT2D eigenvalue weighted by atomic mass is 32.2. The second kappa shape index (κ2) is 18.7. The number of carbonyl (C=O) groups is 4. The fraction of sp³-hybridized carbons (Fsp3) is 0.542. The first-order chi connectivity index (χ1) is 30.4. The van der Waals surface area contributed by atoms with Crippen molar-refractivity contribution in [1.82, 2.24) is 24.2 Å². The topological polar surface area (TPSA) is 196 Å². The fourth-order valence-electron chi connectivity index (χ4n) is 9.26. The van der Waals surface area contributed by atoms with E-state index in [1.807, 2.05) is 96.4 Å². The molecule has 1 aromatic heterocycles. The second-order valence-electron chi connectivity index (χ2n) is 20.2. The van der Waals surface area contributed by atoms with Gasteiger partial charge in [-0.1, -0.05) is 12.1 Å². The van der Waals surface area contributed by atoms with Crippen LogP contribution in [0.4, 0.5) is 9.59 Å². The third-order valence-electron chi connectivity index (χ3n) is 12.2. The van der Waals surface area contributed by atoms with Crippen LogP contribution in [0, 0.1) is 47.3 Å². The molecule has 4 aliphatic heterocycles. The number of ether oxygens (including phenoxy) is 2. The third kappa shape index (κ3) is 11.6. The van der Waals surface area contributed by atoms with Crippen molar-refractivity contribution in [2.75, 3.05) is 78.3 Å². The van der Waals surface area contributed by atoms with Crippen molar-refractivity contribution in [3.8, 4) is 12.1 Å². The molecule has 5 aliphatic rings. The van der Waals surface area contributed by atoms with Gasteiger partial charge in [0, 0.05) is 117 Å². The Balaban J connectivity index is 0.000000174. The van der Waals surface area contributed by atoms with Gasteiger partial charge < -0.3 is 28.7 Å². The van der Waals surface area contributed by atoms with Gasteiger partial charge >= 0.3 is 12.2 Å². The quantitative estimate of drug-likeness (QED) is 0.180. The van der Waals surface area contributed by atoms with Crippen LogP contribution >= 0.6 is 0 Å². The summed E-state index contributed by atoms with van der Waals surface area (Å²) in [5, 5.41) is 19.3. The van der Waals surface area contributed by atoms with Gasteiger partial charge in [-0.25, -0.2) is 9.59 Å². The first kappa shape index (κ1) is 48.9. The van der Waals surface area contributed by atoms with E-state index in [1.54, 1.807) is 9.80 Å². The van der Waals surface area contributed by atoms with Crippen LogP contribution in [0.15, 0.2) is 35.9 Å².